The van der Waals surface area contributed by atoms with Crippen molar-refractivity contribution in [1.29, 1.82) is 0 Å². The summed E-state index contributed by atoms with van der Waals surface area (Å²) in [5, 5.41) is 0. The SMILES string of the molecule is C=N/C=N\SC. The van der Waals surface area contributed by atoms with Crippen LogP contribution in [0.2, 0.25) is 0 Å². The van der Waals surface area contributed by atoms with E-state index in [-0.39, 0.29) is 0 Å². The molecule has 3 heteroatoms. The Morgan fingerprint density at radius 3 is 2.67 bits per heavy atom. The van der Waals surface area contributed by atoms with E-state index in [9.17, 15) is 0 Å². The summed E-state index contributed by atoms with van der Waals surface area (Å²) in [6, 6.07) is 0. The van der Waals surface area contributed by atoms with Gasteiger partial charge in [0.1, 0.15) is 6.34 Å². The van der Waals surface area contributed by atoms with Gasteiger partial charge in [-0.15, -0.1) is 0 Å². The number of hydrogen-bond acceptors (Lipinski definition) is 2. The highest BCUT2D eigenvalue weighted by molar-refractivity contribution is 7.97. The van der Waals surface area contributed by atoms with Gasteiger partial charge in [0.15, 0.2) is 0 Å². The van der Waals surface area contributed by atoms with Gasteiger partial charge in [-0.1, -0.05) is 0 Å². The van der Waals surface area contributed by atoms with Gasteiger partial charge in [-0.25, -0.2) is 4.40 Å². The van der Waals surface area contributed by atoms with Gasteiger partial charge in [-0.3, -0.25) is 4.99 Å². The predicted octanol–water partition coefficient (Wildman–Crippen LogP) is 0.993. The molecule has 34 valence electrons. The van der Waals surface area contributed by atoms with Crippen molar-refractivity contribution in [2.45, 2.75) is 0 Å². The van der Waals surface area contributed by atoms with Gasteiger partial charge in [0.05, 0.1) is 0 Å². The molecule has 0 amide bonds. The van der Waals surface area contributed by atoms with Crippen molar-refractivity contribution in [1.82, 2.24) is 0 Å². The first-order valence-electron chi connectivity index (χ1n) is 1.42. The summed E-state index contributed by atoms with van der Waals surface area (Å²) in [4.78, 5) is 3.36. The fourth-order valence-corrected chi connectivity index (χ4v) is 0.241. The van der Waals surface area contributed by atoms with Crippen LogP contribution < -0.4 is 0 Å². The molecule has 0 saturated carbocycles. The molecule has 0 spiro atoms. The second kappa shape index (κ2) is 4.69. The summed E-state index contributed by atoms with van der Waals surface area (Å²) in [6.07, 6.45) is 3.27. The summed E-state index contributed by atoms with van der Waals surface area (Å²) >= 11 is 1.36. The topological polar surface area (TPSA) is 24.7 Å². The highest BCUT2D eigenvalue weighted by Gasteiger charge is 1.55. The zero-order chi connectivity index (χ0) is 4.83. The Morgan fingerprint density at radius 1 is 1.83 bits per heavy atom. The molecule has 0 aromatic heterocycles. The quantitative estimate of drug-likeness (QED) is 0.290. The zero-order valence-corrected chi connectivity index (χ0v) is 4.40. The zero-order valence-electron chi connectivity index (χ0n) is 3.59. The van der Waals surface area contributed by atoms with Crippen LogP contribution in [-0.2, 0) is 0 Å². The van der Waals surface area contributed by atoms with E-state index < -0.39 is 0 Å². The van der Waals surface area contributed by atoms with Crippen LogP contribution in [0.5, 0.6) is 0 Å². The number of rotatable bonds is 2. The summed E-state index contributed by atoms with van der Waals surface area (Å²) < 4.78 is 3.65. The Hall–Kier alpha value is -0.310. The molecule has 0 rings (SSSR count). The van der Waals surface area contributed by atoms with Gasteiger partial charge < -0.3 is 0 Å². The fourth-order valence-electron chi connectivity index (χ4n) is 0.0805. The smallest absolute Gasteiger partial charge is 0.122 e. The van der Waals surface area contributed by atoms with Crippen LogP contribution in [0.4, 0.5) is 0 Å². The highest BCUT2D eigenvalue weighted by atomic mass is 32.2. The van der Waals surface area contributed by atoms with Crippen molar-refractivity contribution in [3.63, 3.8) is 0 Å². The third-order valence-electron chi connectivity index (χ3n) is 0.234. The maximum atomic E-state index is 3.65. The van der Waals surface area contributed by atoms with E-state index in [1.165, 1.54) is 18.3 Å². The second-order valence-electron chi connectivity index (χ2n) is 0.586. The van der Waals surface area contributed by atoms with Crippen molar-refractivity contribution < 1.29 is 0 Å². The molecule has 0 aromatic carbocycles. The summed E-state index contributed by atoms with van der Waals surface area (Å²) in [5.41, 5.74) is 0. The first-order chi connectivity index (χ1) is 2.91. The third kappa shape index (κ3) is 3.69. The highest BCUT2D eigenvalue weighted by Crippen LogP contribution is 1.87. The molecule has 0 saturated heterocycles. The van der Waals surface area contributed by atoms with E-state index in [1.54, 1.807) is 0 Å². The Labute approximate surface area is 41.5 Å². The molecule has 0 radical (unpaired) electrons. The molecule has 0 aliphatic carbocycles. The standard InChI is InChI=1S/C3H6N2S/c1-4-3-5-6-2/h3H,1H2,2H3/b5-3-. The summed E-state index contributed by atoms with van der Waals surface area (Å²) in [5.74, 6) is 0. The van der Waals surface area contributed by atoms with Crippen LogP contribution in [0.25, 0.3) is 0 Å². The van der Waals surface area contributed by atoms with Gasteiger partial charge in [0, 0.05) is 6.26 Å². The molecule has 0 aliphatic rings. The lowest BCUT2D eigenvalue weighted by Gasteiger charge is -1.68. The lowest BCUT2D eigenvalue weighted by molar-refractivity contribution is 1.79. The number of nitrogens with zero attached hydrogens (tertiary/aromatic N) is 2. The Balaban J connectivity index is 2.94. The van der Waals surface area contributed by atoms with Crippen LogP contribution in [-0.4, -0.2) is 19.3 Å². The molecule has 0 fully saturated rings. The van der Waals surface area contributed by atoms with Crippen molar-refractivity contribution >= 4 is 25.0 Å². The van der Waals surface area contributed by atoms with Crippen molar-refractivity contribution in [2.75, 3.05) is 6.26 Å². The lowest BCUT2D eigenvalue weighted by atomic mass is 11.3. The van der Waals surface area contributed by atoms with E-state index in [4.69, 9.17) is 0 Å². The predicted molar refractivity (Wildman–Crippen MR) is 31.6 cm³/mol. The van der Waals surface area contributed by atoms with Crippen molar-refractivity contribution in [3.05, 3.63) is 0 Å². The minimum atomic E-state index is 1.36. The minimum Gasteiger partial charge on any atom is -0.252 e. The molecule has 2 nitrogen and oxygen atoms in total. The van der Waals surface area contributed by atoms with E-state index in [0.717, 1.165) is 0 Å². The molecular weight excluding hydrogens is 96.1 g/mol. The second-order valence-corrected chi connectivity index (χ2v) is 1.16. The molecule has 0 aromatic rings. The molecule has 0 unspecified atom stereocenters. The Kier molecular flexibility index (Phi) is 4.45. The average Bonchev–Trinajstić information content (AvgIpc) is 1.61. The number of hydrogen-bond donors (Lipinski definition) is 0. The van der Waals surface area contributed by atoms with Crippen molar-refractivity contribution in [2.24, 2.45) is 9.39 Å². The third-order valence-corrected chi connectivity index (χ3v) is 0.539. The molecule has 6 heavy (non-hydrogen) atoms. The largest absolute Gasteiger partial charge is 0.252 e. The summed E-state index contributed by atoms with van der Waals surface area (Å²) in [7, 11) is 0. The van der Waals surface area contributed by atoms with E-state index in [1.807, 2.05) is 6.26 Å². The molecule has 0 atom stereocenters. The lowest BCUT2D eigenvalue weighted by Crippen LogP contribution is -1.53. The fraction of sp³-hybridized carbons (Fsp3) is 0.333. The molecule has 0 bridgehead atoms. The van der Waals surface area contributed by atoms with E-state index in [0.29, 0.717) is 0 Å². The van der Waals surface area contributed by atoms with Gasteiger partial charge in [0.2, 0.25) is 0 Å². The Morgan fingerprint density at radius 2 is 2.50 bits per heavy atom. The number of aliphatic imine (C=N–C) groups is 1. The molecular formula is C3H6N2S. The van der Waals surface area contributed by atoms with Crippen molar-refractivity contribution in [3.8, 4) is 0 Å². The van der Waals surface area contributed by atoms with Crippen LogP contribution >= 0.6 is 11.9 Å². The molecule has 0 N–H and O–H groups in total. The van der Waals surface area contributed by atoms with Gasteiger partial charge in [-0.2, -0.15) is 0 Å². The van der Waals surface area contributed by atoms with Crippen LogP contribution in [0.1, 0.15) is 0 Å². The monoisotopic (exact) mass is 102 g/mol. The Bertz CT molecular complexity index is 59.8. The summed E-state index contributed by atoms with van der Waals surface area (Å²) in [6.45, 7) is 3.19. The minimum absolute atomic E-state index is 1.36. The van der Waals surface area contributed by atoms with Crippen LogP contribution in [0.3, 0.4) is 0 Å². The van der Waals surface area contributed by atoms with E-state index >= 15 is 0 Å². The maximum absolute atomic E-state index is 3.65. The van der Waals surface area contributed by atoms with Gasteiger partial charge in [0.25, 0.3) is 0 Å². The first kappa shape index (κ1) is 5.69. The van der Waals surface area contributed by atoms with Gasteiger partial charge >= 0.3 is 0 Å². The molecule has 0 heterocycles. The van der Waals surface area contributed by atoms with E-state index in [2.05, 4.69) is 16.1 Å². The first-order valence-corrected chi connectivity index (χ1v) is 2.61. The normalized spacial score (nSPS) is 9.50. The van der Waals surface area contributed by atoms with Crippen LogP contribution in [0.15, 0.2) is 9.39 Å². The average molecular weight is 102 g/mol. The maximum Gasteiger partial charge on any atom is 0.122 e. The molecule has 0 aliphatic heterocycles. The van der Waals surface area contributed by atoms with Gasteiger partial charge in [-0.05, 0) is 18.7 Å². The van der Waals surface area contributed by atoms with Crippen LogP contribution in [0, 0.1) is 0 Å².